The molecule has 27 heavy (non-hydrogen) atoms. The van der Waals surface area contributed by atoms with Crippen LogP contribution < -0.4 is 0 Å². The third-order valence-electron chi connectivity index (χ3n) is 3.91. The highest BCUT2D eigenvalue weighted by Crippen LogP contribution is 2.25. The number of aryl methyl sites for hydroxylation is 1. The molecule has 0 saturated carbocycles. The van der Waals surface area contributed by atoms with Crippen molar-refractivity contribution < 1.29 is 29.8 Å². The SMILES string of the molecule is O=C(O)C[C@](O)(CSCCCCCCc1ccc(Cl)cc1[N+](=O)[O-])C(=O)O. The lowest BCUT2D eigenvalue weighted by Gasteiger charge is -2.20. The summed E-state index contributed by atoms with van der Waals surface area (Å²) in [4.78, 5) is 32.2. The number of nitro groups is 1. The quantitative estimate of drug-likeness (QED) is 0.251. The number of halogens is 1. The monoisotopic (exact) mass is 419 g/mol. The van der Waals surface area contributed by atoms with Crippen molar-refractivity contribution in [3.63, 3.8) is 0 Å². The van der Waals surface area contributed by atoms with Crippen molar-refractivity contribution in [1.82, 2.24) is 0 Å². The van der Waals surface area contributed by atoms with Crippen LogP contribution in [0.3, 0.4) is 0 Å². The molecule has 3 N–H and O–H groups in total. The Bertz CT molecular complexity index is 685. The predicted octanol–water partition coefficient (Wildman–Crippen LogP) is 3.37. The largest absolute Gasteiger partial charge is 0.481 e. The Morgan fingerprint density at radius 3 is 2.44 bits per heavy atom. The molecule has 0 aromatic heterocycles. The number of rotatable bonds is 13. The molecule has 0 aliphatic carbocycles. The Labute approximate surface area is 165 Å². The van der Waals surface area contributed by atoms with Crippen molar-refractivity contribution in [2.75, 3.05) is 11.5 Å². The Hall–Kier alpha value is -1.84. The number of nitrogens with zero attached hydrogens (tertiary/aromatic N) is 1. The van der Waals surface area contributed by atoms with Crippen LogP contribution in [0, 0.1) is 10.1 Å². The third kappa shape index (κ3) is 8.15. The molecule has 8 nitrogen and oxygen atoms in total. The van der Waals surface area contributed by atoms with Crippen LogP contribution in [0.1, 0.15) is 37.7 Å². The van der Waals surface area contributed by atoms with Gasteiger partial charge in [0.25, 0.3) is 5.69 Å². The van der Waals surface area contributed by atoms with Gasteiger partial charge in [-0.3, -0.25) is 14.9 Å². The fourth-order valence-electron chi connectivity index (χ4n) is 2.47. The zero-order valence-corrected chi connectivity index (χ0v) is 16.2. The number of hydrogen-bond donors (Lipinski definition) is 3. The molecular formula is C17H22ClNO7S. The van der Waals surface area contributed by atoms with E-state index in [9.17, 15) is 24.8 Å². The predicted molar refractivity (Wildman–Crippen MR) is 102 cm³/mol. The first kappa shape index (κ1) is 23.2. The Morgan fingerprint density at radius 1 is 1.19 bits per heavy atom. The third-order valence-corrected chi connectivity index (χ3v) is 5.41. The fraction of sp³-hybridized carbons (Fsp3) is 0.529. The van der Waals surface area contributed by atoms with E-state index in [1.54, 1.807) is 12.1 Å². The Morgan fingerprint density at radius 2 is 1.85 bits per heavy atom. The molecule has 0 aliphatic rings. The maximum absolute atomic E-state index is 11.0. The molecule has 0 fully saturated rings. The summed E-state index contributed by atoms with van der Waals surface area (Å²) in [6, 6.07) is 4.63. The number of carboxylic acid groups (broad SMARTS) is 2. The van der Waals surface area contributed by atoms with Crippen molar-refractivity contribution in [2.45, 2.75) is 44.1 Å². The van der Waals surface area contributed by atoms with Crippen LogP contribution in [-0.4, -0.2) is 49.3 Å². The summed E-state index contributed by atoms with van der Waals surface area (Å²) in [6.45, 7) is 0. The normalized spacial score (nSPS) is 13.1. The summed E-state index contributed by atoms with van der Waals surface area (Å²) in [5, 5.41) is 38.8. The number of aliphatic carboxylic acids is 2. The summed E-state index contributed by atoms with van der Waals surface area (Å²) in [6.07, 6.45) is 2.96. The highest BCUT2D eigenvalue weighted by molar-refractivity contribution is 7.99. The minimum absolute atomic E-state index is 0.0180. The van der Waals surface area contributed by atoms with Crippen molar-refractivity contribution in [1.29, 1.82) is 0 Å². The molecule has 0 amide bonds. The van der Waals surface area contributed by atoms with Gasteiger partial charge in [0, 0.05) is 22.4 Å². The van der Waals surface area contributed by atoms with Crippen LogP contribution in [0.15, 0.2) is 18.2 Å². The zero-order valence-electron chi connectivity index (χ0n) is 14.6. The van der Waals surface area contributed by atoms with Crippen LogP contribution >= 0.6 is 23.4 Å². The maximum Gasteiger partial charge on any atom is 0.337 e. The number of carbonyl (C=O) groups is 2. The number of aliphatic hydroxyl groups is 1. The molecule has 1 rings (SSSR count). The van der Waals surface area contributed by atoms with E-state index in [-0.39, 0.29) is 11.4 Å². The number of thioether (sulfide) groups is 1. The lowest BCUT2D eigenvalue weighted by molar-refractivity contribution is -0.385. The molecule has 0 radical (unpaired) electrons. The van der Waals surface area contributed by atoms with E-state index in [0.29, 0.717) is 22.8 Å². The number of benzene rings is 1. The van der Waals surface area contributed by atoms with E-state index in [2.05, 4.69) is 0 Å². The summed E-state index contributed by atoms with van der Waals surface area (Å²) in [5.74, 6) is -2.50. The molecule has 0 unspecified atom stereocenters. The second-order valence-electron chi connectivity index (χ2n) is 6.15. The summed E-state index contributed by atoms with van der Waals surface area (Å²) in [7, 11) is 0. The first-order valence-corrected chi connectivity index (χ1v) is 9.87. The Balaban J connectivity index is 2.27. The number of hydrogen-bond acceptors (Lipinski definition) is 6. The molecule has 150 valence electrons. The lowest BCUT2D eigenvalue weighted by atomic mass is 10.0. The molecule has 1 aromatic rings. The minimum atomic E-state index is -2.26. The minimum Gasteiger partial charge on any atom is -0.481 e. The van der Waals surface area contributed by atoms with Crippen molar-refractivity contribution in [3.05, 3.63) is 38.9 Å². The topological polar surface area (TPSA) is 138 Å². The van der Waals surface area contributed by atoms with Crippen molar-refractivity contribution in [2.24, 2.45) is 0 Å². The summed E-state index contributed by atoms with van der Waals surface area (Å²) < 4.78 is 0. The molecule has 10 heteroatoms. The molecule has 0 spiro atoms. The van der Waals surface area contributed by atoms with Gasteiger partial charge in [-0.25, -0.2) is 4.79 Å². The second-order valence-corrected chi connectivity index (χ2v) is 7.70. The second kappa shape index (κ2) is 11.1. The first-order chi connectivity index (χ1) is 12.7. The molecule has 1 atom stereocenters. The highest BCUT2D eigenvalue weighted by atomic mass is 35.5. The zero-order chi connectivity index (χ0) is 20.4. The highest BCUT2D eigenvalue weighted by Gasteiger charge is 2.38. The fourth-order valence-corrected chi connectivity index (χ4v) is 3.75. The van der Waals surface area contributed by atoms with Gasteiger partial charge in [0.1, 0.15) is 0 Å². The Kier molecular flexibility index (Phi) is 9.54. The van der Waals surface area contributed by atoms with E-state index >= 15 is 0 Å². The molecule has 0 bridgehead atoms. The van der Waals surface area contributed by atoms with Gasteiger partial charge in [0.05, 0.1) is 11.3 Å². The van der Waals surface area contributed by atoms with Crippen molar-refractivity contribution in [3.8, 4) is 0 Å². The van der Waals surface area contributed by atoms with Gasteiger partial charge in [-0.1, -0.05) is 30.5 Å². The van der Waals surface area contributed by atoms with Gasteiger partial charge in [-0.15, -0.1) is 0 Å². The van der Waals surface area contributed by atoms with Gasteiger partial charge in [0.15, 0.2) is 5.60 Å². The average Bonchev–Trinajstić information content (AvgIpc) is 2.57. The molecular weight excluding hydrogens is 398 g/mol. The smallest absolute Gasteiger partial charge is 0.337 e. The van der Waals surface area contributed by atoms with Crippen LogP contribution in [0.25, 0.3) is 0 Å². The molecule has 0 heterocycles. The van der Waals surface area contributed by atoms with E-state index in [1.807, 2.05) is 0 Å². The van der Waals surface area contributed by atoms with Gasteiger partial charge in [-0.05, 0) is 31.1 Å². The maximum atomic E-state index is 11.0. The average molecular weight is 420 g/mol. The van der Waals surface area contributed by atoms with E-state index in [0.717, 1.165) is 25.7 Å². The van der Waals surface area contributed by atoms with E-state index in [4.69, 9.17) is 21.8 Å². The van der Waals surface area contributed by atoms with Gasteiger partial charge < -0.3 is 15.3 Å². The molecule has 0 saturated heterocycles. The van der Waals surface area contributed by atoms with Gasteiger partial charge >= 0.3 is 11.9 Å². The summed E-state index contributed by atoms with van der Waals surface area (Å²) >= 11 is 6.97. The van der Waals surface area contributed by atoms with Gasteiger partial charge in [-0.2, -0.15) is 11.8 Å². The number of nitro benzene ring substituents is 1. The van der Waals surface area contributed by atoms with Crippen LogP contribution in [0.5, 0.6) is 0 Å². The standard InChI is InChI=1S/C17H22ClNO7S/c18-13-7-6-12(14(9-13)19(25)26)5-3-1-2-4-8-27-11-17(24,16(22)23)10-15(20)21/h6-7,9,24H,1-5,8,10-11H2,(H,20,21)(H,22,23)/t17-/m0/s1. The van der Waals surface area contributed by atoms with Crippen molar-refractivity contribution >= 4 is 41.0 Å². The van der Waals surface area contributed by atoms with Crippen LogP contribution in [0.4, 0.5) is 5.69 Å². The lowest BCUT2D eigenvalue weighted by Crippen LogP contribution is -2.43. The first-order valence-electron chi connectivity index (χ1n) is 8.34. The number of carboxylic acids is 2. The summed E-state index contributed by atoms with van der Waals surface area (Å²) in [5.41, 5.74) is -1.60. The van der Waals surface area contributed by atoms with E-state index in [1.165, 1.54) is 17.8 Å². The molecule has 1 aromatic carbocycles. The van der Waals surface area contributed by atoms with Crippen LogP contribution in [-0.2, 0) is 16.0 Å². The van der Waals surface area contributed by atoms with E-state index < -0.39 is 28.9 Å². The number of unbranched alkanes of at least 4 members (excludes halogenated alkanes) is 3. The van der Waals surface area contributed by atoms with Crippen LogP contribution in [0.2, 0.25) is 5.02 Å². The molecule has 0 aliphatic heterocycles. The van der Waals surface area contributed by atoms with Gasteiger partial charge in [0.2, 0.25) is 0 Å².